The quantitative estimate of drug-likeness (QED) is 0.0151. The molecule has 12 atom stereocenters. The molecule has 1 saturated heterocycles. The van der Waals surface area contributed by atoms with Crippen LogP contribution in [-0.2, 0) is 76.8 Å². The van der Waals surface area contributed by atoms with Crippen LogP contribution in [0.25, 0.3) is 0 Å². The van der Waals surface area contributed by atoms with Crippen molar-refractivity contribution in [3.63, 3.8) is 0 Å². The Kier molecular flexibility index (Phi) is 27.7. The number of aliphatic imine (C=N–C) groups is 1. The van der Waals surface area contributed by atoms with E-state index in [1.165, 1.54) is 48.6 Å². The van der Waals surface area contributed by atoms with Crippen molar-refractivity contribution in [3.05, 3.63) is 83.9 Å². The number of amides is 9. The third kappa shape index (κ3) is 22.6. The highest BCUT2D eigenvalue weighted by Gasteiger charge is 2.41. The van der Waals surface area contributed by atoms with Crippen LogP contribution in [0.2, 0.25) is 0 Å². The summed E-state index contributed by atoms with van der Waals surface area (Å²) in [4.78, 5) is 173. The highest BCUT2D eigenvalue weighted by molar-refractivity contribution is 5.99. The molecule has 0 unspecified atom stereocenters. The highest BCUT2D eigenvalue weighted by Crippen LogP contribution is 2.21. The number of aliphatic hydroxyl groups excluding tert-OH is 1. The van der Waals surface area contributed by atoms with Gasteiger partial charge in [-0.3, -0.25) is 57.7 Å². The fourth-order valence-corrected chi connectivity index (χ4v) is 9.24. The van der Waals surface area contributed by atoms with Crippen LogP contribution < -0.4 is 59.7 Å². The number of likely N-dealkylation sites (tertiary alicyclic amines) is 1. The first-order chi connectivity index (χ1) is 41.6. The Morgan fingerprint density at radius 2 is 1.22 bits per heavy atom. The number of nitrogens with one attached hydrogen (secondary N) is 9. The van der Waals surface area contributed by atoms with Crippen LogP contribution in [0.1, 0.15) is 89.5 Å². The first-order valence-electron chi connectivity index (χ1n) is 28.3. The van der Waals surface area contributed by atoms with E-state index in [0.29, 0.717) is 29.7 Å². The maximum absolute atomic E-state index is 14.6. The number of carboxylic acids is 3. The number of aromatic amines is 1. The molecule has 88 heavy (non-hydrogen) atoms. The van der Waals surface area contributed by atoms with E-state index in [-0.39, 0.29) is 63.3 Å². The van der Waals surface area contributed by atoms with Crippen molar-refractivity contribution in [3.8, 4) is 5.75 Å². The number of nitrogens with two attached hydrogens (primary N) is 3. The number of carboxylic acid groups (broad SMARTS) is 3. The van der Waals surface area contributed by atoms with Gasteiger partial charge in [-0.25, -0.2) is 9.78 Å². The molecule has 1 aliphatic rings. The average Bonchev–Trinajstić information content (AvgIpc) is 4.15. The van der Waals surface area contributed by atoms with E-state index in [1.54, 1.807) is 44.2 Å². The number of benzene rings is 2. The summed E-state index contributed by atoms with van der Waals surface area (Å²) >= 11 is 0. The third-order valence-electron chi connectivity index (χ3n) is 14.3. The Morgan fingerprint density at radius 1 is 0.659 bits per heavy atom. The van der Waals surface area contributed by atoms with Gasteiger partial charge in [-0.1, -0.05) is 62.7 Å². The molecule has 32 nitrogen and oxygen atoms in total. The molecule has 0 aliphatic carbocycles. The molecule has 1 aliphatic heterocycles. The minimum Gasteiger partial charge on any atom is -0.508 e. The molecule has 480 valence electrons. The smallest absolute Gasteiger partial charge is 0.326 e. The lowest BCUT2D eigenvalue weighted by atomic mass is 9.96. The van der Waals surface area contributed by atoms with Crippen LogP contribution in [0.4, 0.5) is 0 Å². The number of carbonyl (C=O) groups excluding carboxylic acids is 9. The summed E-state index contributed by atoms with van der Waals surface area (Å²) in [6.07, 6.45) is -1.09. The maximum atomic E-state index is 14.6. The van der Waals surface area contributed by atoms with Crippen LogP contribution >= 0.6 is 0 Å². The van der Waals surface area contributed by atoms with E-state index in [2.05, 4.69) is 57.5 Å². The van der Waals surface area contributed by atoms with Gasteiger partial charge in [-0.05, 0) is 68.7 Å². The molecular formula is C56H79N15O17. The molecule has 0 spiro atoms. The SMILES string of the molecule is CC[C@H](C)[C@H](NC(=O)[C@@H](N)CC(=O)O)C(=O)N[C@@H](Cc1ccccc1)C(=O)N1CCC[C@H]1C(=O)N[C@@H](C)C(=O)N[C@@H](CCCN=C(N)N)C(=O)N[C@@H](CC(=O)O)C(=O)N[C@H](C(=O)N[C@@H](Cc1ccc(O)cc1)C(=O)N[C@@H](Cc1cnc[nH]1)C(=O)O)[C@@H](C)O. The van der Waals surface area contributed by atoms with Gasteiger partial charge in [0, 0.05) is 44.2 Å². The summed E-state index contributed by atoms with van der Waals surface area (Å²) in [7, 11) is 0. The van der Waals surface area contributed by atoms with Crippen molar-refractivity contribution in [1.29, 1.82) is 0 Å². The Morgan fingerprint density at radius 3 is 1.81 bits per heavy atom. The first kappa shape index (κ1) is 70.8. The van der Waals surface area contributed by atoms with Crippen molar-refractivity contribution in [1.82, 2.24) is 57.4 Å². The molecule has 9 amide bonds. The monoisotopic (exact) mass is 1230 g/mol. The number of nitrogens with zero attached hydrogens (tertiary/aromatic N) is 3. The molecule has 2 heterocycles. The zero-order valence-electron chi connectivity index (χ0n) is 49.0. The van der Waals surface area contributed by atoms with Crippen LogP contribution in [-0.4, -0.2) is 197 Å². The lowest BCUT2D eigenvalue weighted by molar-refractivity contribution is -0.143. The zero-order valence-corrected chi connectivity index (χ0v) is 49.0. The van der Waals surface area contributed by atoms with Crippen LogP contribution in [0, 0.1) is 5.92 Å². The number of phenolic OH excluding ortho intramolecular Hbond substituents is 1. The van der Waals surface area contributed by atoms with Gasteiger partial charge < -0.3 is 95.2 Å². The molecule has 1 fully saturated rings. The van der Waals surface area contributed by atoms with Gasteiger partial charge >= 0.3 is 17.9 Å². The number of hydrogen-bond acceptors (Lipinski definition) is 17. The molecule has 2 aromatic carbocycles. The molecule has 3 aromatic rings. The largest absolute Gasteiger partial charge is 0.508 e. The van der Waals surface area contributed by atoms with Crippen molar-refractivity contribution < 1.29 is 83.1 Å². The Bertz CT molecular complexity index is 2950. The van der Waals surface area contributed by atoms with E-state index in [4.69, 9.17) is 17.2 Å². The minimum atomic E-state index is -2.02. The van der Waals surface area contributed by atoms with Gasteiger partial charge in [0.1, 0.15) is 60.1 Å². The molecule has 0 saturated carbocycles. The second-order valence-corrected chi connectivity index (χ2v) is 21.3. The topological polar surface area (TPSA) is 525 Å². The molecule has 32 heteroatoms. The molecule has 4 rings (SSSR count). The summed E-state index contributed by atoms with van der Waals surface area (Å²) < 4.78 is 0. The van der Waals surface area contributed by atoms with E-state index in [1.807, 2.05) is 0 Å². The van der Waals surface area contributed by atoms with Crippen molar-refractivity contribution in [2.75, 3.05) is 13.1 Å². The number of aliphatic hydroxyl groups is 1. The van der Waals surface area contributed by atoms with Gasteiger partial charge in [-0.2, -0.15) is 0 Å². The van der Waals surface area contributed by atoms with E-state index >= 15 is 0 Å². The second kappa shape index (κ2) is 34.4. The number of guanidine groups is 1. The number of carbonyl (C=O) groups is 12. The molecule has 1 aromatic heterocycles. The molecular weight excluding hydrogens is 1150 g/mol. The van der Waals surface area contributed by atoms with Crippen molar-refractivity contribution in [2.24, 2.45) is 28.1 Å². The molecule has 0 bridgehead atoms. The van der Waals surface area contributed by atoms with Crippen molar-refractivity contribution in [2.45, 2.75) is 158 Å². The summed E-state index contributed by atoms with van der Waals surface area (Å²) in [6, 6.07) is -1.44. The highest BCUT2D eigenvalue weighted by atomic mass is 16.4. The number of H-pyrrole nitrogens is 1. The van der Waals surface area contributed by atoms with Gasteiger partial charge in [0.15, 0.2) is 5.96 Å². The third-order valence-corrected chi connectivity index (χ3v) is 14.3. The fourth-order valence-electron chi connectivity index (χ4n) is 9.24. The number of phenols is 1. The number of rotatable bonds is 35. The Labute approximate surface area is 505 Å². The van der Waals surface area contributed by atoms with E-state index < -0.39 is 156 Å². The normalized spacial score (nSPS) is 16.5. The summed E-state index contributed by atoms with van der Waals surface area (Å²) in [5.41, 5.74) is 18.1. The minimum absolute atomic E-state index is 0.00505. The van der Waals surface area contributed by atoms with E-state index in [0.717, 1.165) is 6.92 Å². The second-order valence-electron chi connectivity index (χ2n) is 21.3. The summed E-state index contributed by atoms with van der Waals surface area (Å²) in [6.45, 7) is 5.71. The average molecular weight is 1230 g/mol. The van der Waals surface area contributed by atoms with E-state index in [9.17, 15) is 83.1 Å². The lowest BCUT2D eigenvalue weighted by Gasteiger charge is -2.31. The number of aromatic nitrogens is 2. The fraction of sp³-hybridized carbons (Fsp3) is 0.500. The summed E-state index contributed by atoms with van der Waals surface area (Å²) in [5, 5.41) is 69.1. The molecule has 20 N–H and O–H groups in total. The van der Waals surface area contributed by atoms with Gasteiger partial charge in [0.25, 0.3) is 0 Å². The maximum Gasteiger partial charge on any atom is 0.326 e. The van der Waals surface area contributed by atoms with Crippen LogP contribution in [0.5, 0.6) is 5.75 Å². The Balaban J connectivity index is 1.53. The molecule has 0 radical (unpaired) electrons. The van der Waals surface area contributed by atoms with Gasteiger partial charge in [0.2, 0.25) is 53.2 Å². The number of aliphatic carboxylic acids is 3. The standard InChI is InChI=1S/C56H79N15O17/c1-5-28(2)44(69-47(79)35(57)24-42(74)75)52(84)67-39(22-31-11-7-6-8-12-31)54(86)71-20-10-14-41(71)51(83)63-29(3)46(78)64-36(13-9-19-61-56(58)59)48(80)65-38(25-43(76)77)50(82)70-45(30(4)72)53(85)66-37(21-32-15-17-34(73)18-16-32)49(81)68-40(55(87)88)23-33-26-60-27-62-33/h6-8,11-12,15-18,26-30,35-41,44-45,72-73H,5,9-10,13-14,19-25,57H2,1-4H3,(H,60,62)(H,63,83)(H,64,78)(H,65,80)(H,66,85)(H,67,84)(H,68,81)(H,69,79)(H,70,82)(H,74,75)(H,76,77)(H,87,88)(H4,58,59,61)/t28-,29-,30+,35-,36-,37-,38-,39-,40-,41-,44-,45-/m0/s1. The van der Waals surface area contributed by atoms with Gasteiger partial charge in [0.05, 0.1) is 31.3 Å². The number of imidazole rings is 1. The zero-order chi connectivity index (χ0) is 65.4. The van der Waals surface area contributed by atoms with Crippen LogP contribution in [0.15, 0.2) is 72.1 Å². The Hall–Kier alpha value is -9.72. The number of hydrogen-bond donors (Lipinski definition) is 17. The van der Waals surface area contributed by atoms with Gasteiger partial charge in [-0.15, -0.1) is 0 Å². The van der Waals surface area contributed by atoms with Crippen LogP contribution in [0.3, 0.4) is 0 Å². The predicted molar refractivity (Wildman–Crippen MR) is 311 cm³/mol. The summed E-state index contributed by atoms with van der Waals surface area (Å²) in [5.74, 6) is -14.3. The first-order valence-corrected chi connectivity index (χ1v) is 28.3. The number of aromatic hydroxyl groups is 1. The lowest BCUT2D eigenvalue weighted by Crippen LogP contribution is -2.62. The van der Waals surface area contributed by atoms with Crippen molar-refractivity contribution >= 4 is 77.0 Å². The predicted octanol–water partition coefficient (Wildman–Crippen LogP) is -4.13.